The van der Waals surface area contributed by atoms with Crippen molar-refractivity contribution in [3.63, 3.8) is 0 Å². The molecule has 1 aliphatic carbocycles. The molecule has 32 heavy (non-hydrogen) atoms. The Bertz CT molecular complexity index is 984. The van der Waals surface area contributed by atoms with E-state index in [9.17, 15) is 4.79 Å². The van der Waals surface area contributed by atoms with Gasteiger partial charge in [0, 0.05) is 16.8 Å². The van der Waals surface area contributed by atoms with E-state index in [0.717, 1.165) is 66.0 Å². The summed E-state index contributed by atoms with van der Waals surface area (Å²) in [6, 6.07) is 6.06. The molecule has 0 atom stereocenters. The molecule has 0 amide bonds. The zero-order valence-corrected chi connectivity index (χ0v) is 19.9. The molecule has 0 saturated heterocycles. The number of esters is 1. The number of nitrogens with one attached hydrogen (secondary N) is 2. The van der Waals surface area contributed by atoms with Crippen molar-refractivity contribution in [1.29, 1.82) is 0 Å². The first-order chi connectivity index (χ1) is 15.4. The van der Waals surface area contributed by atoms with E-state index < -0.39 is 0 Å². The lowest BCUT2D eigenvalue weighted by molar-refractivity contribution is -0.139. The number of ether oxygens (including phenoxy) is 2. The topological polar surface area (TPSA) is 72.0 Å². The van der Waals surface area contributed by atoms with Crippen molar-refractivity contribution < 1.29 is 14.3 Å². The van der Waals surface area contributed by atoms with Crippen LogP contribution >= 0.6 is 0 Å². The van der Waals surface area contributed by atoms with Gasteiger partial charge in [-0.05, 0) is 67.9 Å². The highest BCUT2D eigenvalue weighted by molar-refractivity contribution is 6.03. The number of amidine groups is 1. The Hall–Kier alpha value is -3.02. The number of hydrogen-bond donors (Lipinski definition) is 2. The van der Waals surface area contributed by atoms with Crippen LogP contribution in [0.2, 0.25) is 0 Å². The summed E-state index contributed by atoms with van der Waals surface area (Å²) in [7, 11) is 3.02. The smallest absolute Gasteiger partial charge is 0.310 e. The highest BCUT2D eigenvalue weighted by Crippen LogP contribution is 2.34. The van der Waals surface area contributed by atoms with Gasteiger partial charge in [0.05, 0.1) is 26.7 Å². The minimum Gasteiger partial charge on any atom is -0.497 e. The van der Waals surface area contributed by atoms with Crippen molar-refractivity contribution in [3.8, 4) is 5.75 Å². The average molecular weight is 438 g/mol. The molecule has 1 heterocycles. The largest absolute Gasteiger partial charge is 0.497 e. The lowest BCUT2D eigenvalue weighted by Crippen LogP contribution is -2.39. The molecule has 0 unspecified atom stereocenters. The molecule has 0 radical (unpaired) electrons. The maximum absolute atomic E-state index is 12.1. The van der Waals surface area contributed by atoms with E-state index in [4.69, 9.17) is 14.5 Å². The van der Waals surface area contributed by atoms with Crippen molar-refractivity contribution in [3.05, 3.63) is 58.6 Å². The molecule has 2 N–H and O–H groups in total. The van der Waals surface area contributed by atoms with Crippen molar-refractivity contribution in [2.45, 2.75) is 65.3 Å². The first kappa shape index (κ1) is 23.6. The fraction of sp³-hybridized carbons (Fsp3) is 0.462. The number of rotatable bonds is 8. The Kier molecular flexibility index (Phi) is 7.78. The van der Waals surface area contributed by atoms with Crippen LogP contribution in [0.5, 0.6) is 5.75 Å². The molecule has 2 aliphatic rings. The molecule has 0 spiro atoms. The van der Waals surface area contributed by atoms with E-state index in [2.05, 4.69) is 31.1 Å². The van der Waals surface area contributed by atoms with E-state index in [1.165, 1.54) is 18.4 Å². The molecule has 172 valence electrons. The third kappa shape index (κ3) is 5.06. The number of allylic oxidation sites excluding steroid dienone is 3. The highest BCUT2D eigenvalue weighted by atomic mass is 16.5. The van der Waals surface area contributed by atoms with E-state index in [1.54, 1.807) is 7.11 Å². The summed E-state index contributed by atoms with van der Waals surface area (Å²) in [6.45, 7) is 10.6. The van der Waals surface area contributed by atoms with Gasteiger partial charge in [0.2, 0.25) is 0 Å². The number of benzene rings is 1. The molecule has 6 heteroatoms. The summed E-state index contributed by atoms with van der Waals surface area (Å²) in [5.41, 5.74) is 6.08. The number of nitrogens with zero attached hydrogens (tertiary/aromatic N) is 1. The van der Waals surface area contributed by atoms with E-state index >= 15 is 0 Å². The van der Waals surface area contributed by atoms with Crippen LogP contribution in [0.4, 0.5) is 0 Å². The minimum absolute atomic E-state index is 0.149. The average Bonchev–Trinajstić information content (AvgIpc) is 3.27. The predicted octanol–water partition coefficient (Wildman–Crippen LogP) is 4.87. The minimum atomic E-state index is -0.299. The van der Waals surface area contributed by atoms with Crippen molar-refractivity contribution in [2.24, 2.45) is 4.99 Å². The monoisotopic (exact) mass is 437 g/mol. The van der Waals surface area contributed by atoms with Crippen LogP contribution in [-0.2, 0) is 16.0 Å². The molecule has 0 fully saturated rings. The Labute approximate surface area is 191 Å². The van der Waals surface area contributed by atoms with Crippen molar-refractivity contribution in [1.82, 2.24) is 10.6 Å². The van der Waals surface area contributed by atoms with Crippen LogP contribution in [0.3, 0.4) is 0 Å². The zero-order chi connectivity index (χ0) is 23.3. The zero-order valence-electron chi connectivity index (χ0n) is 19.9. The first-order valence-electron chi connectivity index (χ1n) is 11.4. The maximum Gasteiger partial charge on any atom is 0.310 e. The molecule has 1 aromatic carbocycles. The second-order valence-electron chi connectivity index (χ2n) is 8.32. The highest BCUT2D eigenvalue weighted by Gasteiger charge is 2.28. The molecule has 1 aromatic rings. The van der Waals surface area contributed by atoms with Gasteiger partial charge in [-0.3, -0.25) is 9.79 Å². The Morgan fingerprint density at radius 2 is 1.94 bits per heavy atom. The van der Waals surface area contributed by atoms with Gasteiger partial charge in [-0.15, -0.1) is 0 Å². The van der Waals surface area contributed by atoms with Crippen molar-refractivity contribution in [2.75, 3.05) is 14.2 Å². The molecule has 0 saturated carbocycles. The molecule has 1 aliphatic heterocycles. The summed E-state index contributed by atoms with van der Waals surface area (Å²) in [5.74, 6) is 2.22. The molecule has 0 aromatic heterocycles. The van der Waals surface area contributed by atoms with Crippen LogP contribution in [-0.4, -0.2) is 32.1 Å². The first-order valence-corrected chi connectivity index (χ1v) is 11.4. The lowest BCUT2D eigenvalue weighted by Gasteiger charge is -2.28. The van der Waals surface area contributed by atoms with E-state index in [0.29, 0.717) is 5.75 Å². The lowest BCUT2D eigenvalue weighted by atomic mass is 9.92. The Morgan fingerprint density at radius 1 is 1.19 bits per heavy atom. The van der Waals surface area contributed by atoms with Gasteiger partial charge in [-0.1, -0.05) is 26.5 Å². The van der Waals surface area contributed by atoms with Gasteiger partial charge >= 0.3 is 5.97 Å². The van der Waals surface area contributed by atoms with Crippen LogP contribution in [0.1, 0.15) is 64.0 Å². The van der Waals surface area contributed by atoms with Crippen LogP contribution < -0.4 is 15.4 Å². The van der Waals surface area contributed by atoms with Crippen LogP contribution in [0.25, 0.3) is 5.57 Å². The van der Waals surface area contributed by atoms with Crippen molar-refractivity contribution >= 4 is 17.4 Å². The van der Waals surface area contributed by atoms with E-state index in [1.807, 2.05) is 25.1 Å². The van der Waals surface area contributed by atoms with Crippen LogP contribution in [0.15, 0.2) is 52.4 Å². The van der Waals surface area contributed by atoms with E-state index in [-0.39, 0.29) is 18.4 Å². The third-order valence-corrected chi connectivity index (χ3v) is 6.10. The molecule has 6 nitrogen and oxygen atoms in total. The fourth-order valence-electron chi connectivity index (χ4n) is 4.30. The summed E-state index contributed by atoms with van der Waals surface area (Å²) < 4.78 is 10.3. The number of carbonyl (C=O) groups is 1. The second-order valence-corrected chi connectivity index (χ2v) is 8.32. The molecule has 3 rings (SSSR count). The van der Waals surface area contributed by atoms with Gasteiger partial charge in [-0.2, -0.15) is 0 Å². The predicted molar refractivity (Wildman–Crippen MR) is 129 cm³/mol. The van der Waals surface area contributed by atoms with Gasteiger partial charge < -0.3 is 20.1 Å². The van der Waals surface area contributed by atoms with Crippen LogP contribution in [0, 0.1) is 0 Å². The normalized spacial score (nSPS) is 18.2. The summed E-state index contributed by atoms with van der Waals surface area (Å²) in [6.07, 6.45) is 5.31. The second kappa shape index (κ2) is 10.5. The number of aliphatic imine (C=N–C) groups is 1. The molecule has 0 bridgehead atoms. The molecular formula is C26H35N3O3. The fourth-order valence-corrected chi connectivity index (χ4v) is 4.30. The standard InChI is InChI=1S/C26H35N3O3/c1-7-18(8-2)27-25-21-10-9-11-22(21)28-26(29-25)24(16(3)4)20-13-12-19(31-5)14-17(20)15-23(30)32-6/h12-14,18,28H,3,7-11,15H2,1-2,4-6H3,(H,27,29)/b26-24+. The number of carbonyl (C=O) groups excluding carboxylic acids is 1. The maximum atomic E-state index is 12.1. The third-order valence-electron chi connectivity index (χ3n) is 6.10. The van der Waals surface area contributed by atoms with Gasteiger partial charge in [0.25, 0.3) is 0 Å². The Morgan fingerprint density at radius 3 is 2.56 bits per heavy atom. The number of hydrogen-bond acceptors (Lipinski definition) is 5. The summed E-state index contributed by atoms with van der Waals surface area (Å²) in [4.78, 5) is 17.2. The molecular weight excluding hydrogens is 402 g/mol. The summed E-state index contributed by atoms with van der Waals surface area (Å²) in [5, 5.41) is 7.20. The summed E-state index contributed by atoms with van der Waals surface area (Å²) >= 11 is 0. The van der Waals surface area contributed by atoms with Gasteiger partial charge in [-0.25, -0.2) is 0 Å². The SMILES string of the molecule is C=C(C)/C(=C1\NC(=NC(CC)CC)C2=C(CCC2)N1)c1ccc(OC)cc1CC(=O)OC. The quantitative estimate of drug-likeness (QED) is 0.568. The number of methoxy groups -OCH3 is 2. The Balaban J connectivity index is 2.15. The van der Waals surface area contributed by atoms with Gasteiger partial charge in [0.1, 0.15) is 17.4 Å². The van der Waals surface area contributed by atoms with Gasteiger partial charge in [0.15, 0.2) is 0 Å².